The zero-order valence-electron chi connectivity index (χ0n) is 19.2. The molecule has 0 bridgehead atoms. The fraction of sp³-hybridized carbons (Fsp3) is 0.357. The lowest BCUT2D eigenvalue weighted by Crippen LogP contribution is -2.47. The molecule has 0 saturated carbocycles. The van der Waals surface area contributed by atoms with Crippen molar-refractivity contribution >= 4 is 11.6 Å². The van der Waals surface area contributed by atoms with E-state index in [0.29, 0.717) is 0 Å². The van der Waals surface area contributed by atoms with Crippen LogP contribution in [0.4, 0.5) is 0 Å². The number of nitrogens with one attached hydrogen (secondary N) is 2. The maximum atomic E-state index is 13.2. The highest BCUT2D eigenvalue weighted by Crippen LogP contribution is 2.31. The zero-order chi connectivity index (χ0) is 22.9. The third-order valence-corrected chi connectivity index (χ3v) is 7.22. The van der Waals surface area contributed by atoms with Gasteiger partial charge in [-0.2, -0.15) is 5.10 Å². The standard InChI is InChI=1S/C28H30N4O2/c33-28(29-23-7-4-13-32(18-23)17-19-5-2-1-3-6-19)22-8-10-25-24(16-22)27(31-30-25)21-9-11-26-20(15-21)12-14-34-26/h1-3,5-6,8-11,15-16,23-25,30H,4,7,12-14,17-18H2,(H,29,33). The molecule has 2 N–H and O–H groups in total. The van der Waals surface area contributed by atoms with Crippen LogP contribution in [0.2, 0.25) is 0 Å². The summed E-state index contributed by atoms with van der Waals surface area (Å²) in [7, 11) is 0. The van der Waals surface area contributed by atoms with Gasteiger partial charge in [-0.3, -0.25) is 9.69 Å². The van der Waals surface area contributed by atoms with Gasteiger partial charge in [0.05, 0.1) is 18.4 Å². The van der Waals surface area contributed by atoms with Crippen molar-refractivity contribution in [3.05, 3.63) is 89.0 Å². The molecule has 4 aliphatic rings. The molecule has 6 heteroatoms. The van der Waals surface area contributed by atoms with Crippen molar-refractivity contribution in [2.24, 2.45) is 11.0 Å². The Bertz CT molecular complexity index is 1170. The monoisotopic (exact) mass is 454 g/mol. The maximum Gasteiger partial charge on any atom is 0.251 e. The van der Waals surface area contributed by atoms with Gasteiger partial charge in [-0.1, -0.05) is 48.6 Å². The minimum absolute atomic E-state index is 0.00913. The summed E-state index contributed by atoms with van der Waals surface area (Å²) in [6, 6.07) is 17.1. The van der Waals surface area contributed by atoms with Gasteiger partial charge in [-0.25, -0.2) is 0 Å². The van der Waals surface area contributed by atoms with E-state index in [1.165, 1.54) is 11.1 Å². The number of hydrogen-bond acceptors (Lipinski definition) is 5. The van der Waals surface area contributed by atoms with Crippen LogP contribution in [0.3, 0.4) is 0 Å². The first kappa shape index (κ1) is 21.2. The predicted molar refractivity (Wildman–Crippen MR) is 133 cm³/mol. The molecular weight excluding hydrogens is 424 g/mol. The summed E-state index contributed by atoms with van der Waals surface area (Å²) >= 11 is 0. The largest absolute Gasteiger partial charge is 0.493 e. The molecule has 1 aliphatic carbocycles. The van der Waals surface area contributed by atoms with Gasteiger partial charge in [0.1, 0.15) is 5.75 Å². The zero-order valence-corrected chi connectivity index (χ0v) is 19.2. The fourth-order valence-corrected chi connectivity index (χ4v) is 5.45. The summed E-state index contributed by atoms with van der Waals surface area (Å²) in [6.45, 7) is 3.63. The number of carbonyl (C=O) groups is 1. The molecular formula is C28H30N4O2. The quantitative estimate of drug-likeness (QED) is 0.728. The first-order valence-electron chi connectivity index (χ1n) is 12.3. The molecule has 1 saturated heterocycles. The van der Waals surface area contributed by atoms with Crippen molar-refractivity contribution in [1.29, 1.82) is 0 Å². The normalized spacial score (nSPS) is 25.5. The number of hydrazone groups is 1. The number of fused-ring (bicyclic) bond motifs is 2. The Hall–Kier alpha value is -3.38. The molecule has 3 aliphatic heterocycles. The van der Waals surface area contributed by atoms with Crippen LogP contribution in [0.1, 0.15) is 29.5 Å². The molecule has 2 aromatic rings. The molecule has 3 atom stereocenters. The van der Waals surface area contributed by atoms with E-state index in [2.05, 4.69) is 69.3 Å². The van der Waals surface area contributed by atoms with E-state index in [9.17, 15) is 4.79 Å². The van der Waals surface area contributed by atoms with E-state index < -0.39 is 0 Å². The summed E-state index contributed by atoms with van der Waals surface area (Å²) in [4.78, 5) is 15.6. The molecule has 6 rings (SSSR count). The highest BCUT2D eigenvalue weighted by atomic mass is 16.5. The third kappa shape index (κ3) is 4.26. The highest BCUT2D eigenvalue weighted by Gasteiger charge is 2.33. The van der Waals surface area contributed by atoms with Gasteiger partial charge in [0.25, 0.3) is 5.91 Å². The Morgan fingerprint density at radius 1 is 1.21 bits per heavy atom. The van der Waals surface area contributed by atoms with Crippen LogP contribution in [-0.4, -0.2) is 48.3 Å². The number of rotatable bonds is 5. The lowest BCUT2D eigenvalue weighted by molar-refractivity contribution is -0.118. The van der Waals surface area contributed by atoms with Crippen molar-refractivity contribution in [1.82, 2.24) is 15.6 Å². The SMILES string of the molecule is O=C(NC1CCCN(Cc2ccccc2)C1)C1=CC2C(c3ccc4c(c3)CCO4)=NNC2C=C1. The second kappa shape index (κ2) is 9.11. The molecule has 0 spiro atoms. The van der Waals surface area contributed by atoms with E-state index >= 15 is 0 Å². The van der Waals surface area contributed by atoms with Crippen LogP contribution in [0, 0.1) is 5.92 Å². The van der Waals surface area contributed by atoms with Gasteiger partial charge in [0.2, 0.25) is 0 Å². The van der Waals surface area contributed by atoms with Gasteiger partial charge < -0.3 is 15.5 Å². The number of likely N-dealkylation sites (tertiary alicyclic amines) is 1. The van der Waals surface area contributed by atoms with Crippen LogP contribution in [0.5, 0.6) is 5.75 Å². The molecule has 2 aromatic carbocycles. The average molecular weight is 455 g/mol. The maximum absolute atomic E-state index is 13.2. The second-order valence-corrected chi connectivity index (χ2v) is 9.61. The van der Waals surface area contributed by atoms with Crippen molar-refractivity contribution in [3.8, 4) is 5.75 Å². The van der Waals surface area contributed by atoms with Crippen molar-refractivity contribution in [3.63, 3.8) is 0 Å². The van der Waals surface area contributed by atoms with E-state index in [1.54, 1.807) is 0 Å². The minimum Gasteiger partial charge on any atom is -0.493 e. The van der Waals surface area contributed by atoms with Gasteiger partial charge >= 0.3 is 0 Å². The van der Waals surface area contributed by atoms with Crippen LogP contribution < -0.4 is 15.5 Å². The van der Waals surface area contributed by atoms with Gasteiger partial charge in [0, 0.05) is 37.0 Å². The number of piperidine rings is 1. The Morgan fingerprint density at radius 3 is 3.03 bits per heavy atom. The lowest BCUT2D eigenvalue weighted by Gasteiger charge is -2.33. The summed E-state index contributed by atoms with van der Waals surface area (Å²) in [5.41, 5.74) is 8.59. The first-order valence-corrected chi connectivity index (χ1v) is 12.3. The predicted octanol–water partition coefficient (Wildman–Crippen LogP) is 3.19. The van der Waals surface area contributed by atoms with Gasteiger partial charge in [-0.05, 0) is 54.3 Å². The summed E-state index contributed by atoms with van der Waals surface area (Å²) < 4.78 is 5.65. The average Bonchev–Trinajstić information content (AvgIpc) is 3.51. The minimum atomic E-state index is 0.00913. The smallest absolute Gasteiger partial charge is 0.251 e. The van der Waals surface area contributed by atoms with E-state index in [-0.39, 0.29) is 23.9 Å². The van der Waals surface area contributed by atoms with Crippen LogP contribution in [-0.2, 0) is 17.8 Å². The highest BCUT2D eigenvalue weighted by molar-refractivity contribution is 6.07. The Kier molecular flexibility index (Phi) is 5.67. The number of benzene rings is 2. The Labute approximate surface area is 200 Å². The number of ether oxygens (including phenoxy) is 1. The number of hydrogen-bond donors (Lipinski definition) is 2. The topological polar surface area (TPSA) is 66.0 Å². The molecule has 174 valence electrons. The molecule has 3 unspecified atom stereocenters. The van der Waals surface area contributed by atoms with E-state index in [4.69, 9.17) is 4.74 Å². The van der Waals surface area contributed by atoms with Crippen LogP contribution in [0.15, 0.2) is 77.4 Å². The number of amides is 1. The lowest BCUT2D eigenvalue weighted by atomic mass is 9.85. The first-order chi connectivity index (χ1) is 16.7. The Morgan fingerprint density at radius 2 is 2.12 bits per heavy atom. The fourth-order valence-electron chi connectivity index (χ4n) is 5.45. The summed E-state index contributed by atoms with van der Waals surface area (Å²) in [5, 5.41) is 7.92. The van der Waals surface area contributed by atoms with Crippen molar-refractivity contribution in [2.75, 3.05) is 19.7 Å². The summed E-state index contributed by atoms with van der Waals surface area (Å²) in [5.74, 6) is 1.03. The second-order valence-electron chi connectivity index (χ2n) is 9.61. The molecule has 34 heavy (non-hydrogen) atoms. The molecule has 3 heterocycles. The Balaban J connectivity index is 1.12. The number of carbonyl (C=O) groups excluding carboxylic acids is 1. The molecule has 0 aromatic heterocycles. The number of nitrogens with zero attached hydrogens (tertiary/aromatic N) is 2. The van der Waals surface area contributed by atoms with Crippen molar-refractivity contribution < 1.29 is 9.53 Å². The van der Waals surface area contributed by atoms with E-state index in [1.807, 2.05) is 18.2 Å². The molecule has 1 amide bonds. The van der Waals surface area contributed by atoms with Gasteiger partial charge in [-0.15, -0.1) is 0 Å². The summed E-state index contributed by atoms with van der Waals surface area (Å²) in [6.07, 6.45) is 9.13. The molecule has 0 radical (unpaired) electrons. The van der Waals surface area contributed by atoms with E-state index in [0.717, 1.165) is 68.1 Å². The van der Waals surface area contributed by atoms with Crippen LogP contribution >= 0.6 is 0 Å². The molecule has 6 nitrogen and oxygen atoms in total. The van der Waals surface area contributed by atoms with Gasteiger partial charge in [0.15, 0.2) is 0 Å². The van der Waals surface area contributed by atoms with Crippen LogP contribution in [0.25, 0.3) is 0 Å². The van der Waals surface area contributed by atoms with Crippen molar-refractivity contribution in [2.45, 2.75) is 37.9 Å². The third-order valence-electron chi connectivity index (χ3n) is 7.22. The molecule has 1 fully saturated rings.